The van der Waals surface area contributed by atoms with Crippen molar-refractivity contribution in [3.05, 3.63) is 47.2 Å². The Labute approximate surface area is 127 Å². The third kappa shape index (κ3) is 4.36. The topological polar surface area (TPSA) is 26.2 Å². The summed E-state index contributed by atoms with van der Waals surface area (Å²) in [5, 5.41) is 3.38. The number of alkyl halides is 2. The fourth-order valence-electron chi connectivity index (χ4n) is 2.06. The van der Waals surface area contributed by atoms with E-state index < -0.39 is 6.61 Å². The Morgan fingerprint density at radius 2 is 2.14 bits per heavy atom. The molecular weight excluding hydrogens is 298 g/mol. The smallest absolute Gasteiger partial charge is 0.387 e. The molecule has 0 saturated carbocycles. The van der Waals surface area contributed by atoms with Crippen LogP contribution in [0.4, 0.5) is 14.5 Å². The Hall–Kier alpha value is -1.75. The molecular formula is C15H17ClF2N2O. The average molecular weight is 315 g/mol. The molecule has 0 amide bonds. The summed E-state index contributed by atoms with van der Waals surface area (Å²) in [5.74, 6) is -0.0217. The van der Waals surface area contributed by atoms with Crippen LogP contribution in [-0.4, -0.2) is 11.2 Å². The lowest BCUT2D eigenvalue weighted by atomic mass is 10.3. The predicted molar refractivity (Wildman–Crippen MR) is 80.1 cm³/mol. The van der Waals surface area contributed by atoms with Crippen LogP contribution >= 0.6 is 11.6 Å². The molecule has 1 aromatic heterocycles. The van der Waals surface area contributed by atoms with Crippen LogP contribution < -0.4 is 10.1 Å². The van der Waals surface area contributed by atoms with Crippen LogP contribution in [0.15, 0.2) is 36.5 Å². The predicted octanol–water partition coefficient (Wildman–Crippen LogP) is 4.77. The van der Waals surface area contributed by atoms with E-state index in [0.29, 0.717) is 6.54 Å². The molecule has 1 heterocycles. The van der Waals surface area contributed by atoms with Gasteiger partial charge in [0.05, 0.1) is 11.6 Å². The van der Waals surface area contributed by atoms with Gasteiger partial charge >= 0.3 is 6.61 Å². The van der Waals surface area contributed by atoms with Gasteiger partial charge in [-0.15, -0.1) is 0 Å². The monoisotopic (exact) mass is 314 g/mol. The van der Waals surface area contributed by atoms with Gasteiger partial charge in [-0.2, -0.15) is 8.78 Å². The van der Waals surface area contributed by atoms with Crippen LogP contribution in [0, 0.1) is 0 Å². The maximum Gasteiger partial charge on any atom is 0.387 e. The molecule has 21 heavy (non-hydrogen) atoms. The highest BCUT2D eigenvalue weighted by Crippen LogP contribution is 2.29. The number of aryl methyl sites for hydroxylation is 1. The summed E-state index contributed by atoms with van der Waals surface area (Å²) < 4.78 is 30.8. The maximum atomic E-state index is 12.2. The molecule has 0 fully saturated rings. The van der Waals surface area contributed by atoms with Crippen LogP contribution in [-0.2, 0) is 13.1 Å². The first-order valence-electron chi connectivity index (χ1n) is 6.72. The van der Waals surface area contributed by atoms with Gasteiger partial charge in [0.25, 0.3) is 0 Å². The highest BCUT2D eigenvalue weighted by atomic mass is 35.5. The molecule has 3 nitrogen and oxygen atoms in total. The summed E-state index contributed by atoms with van der Waals surface area (Å²) in [6.45, 7) is 0.849. The van der Waals surface area contributed by atoms with Gasteiger partial charge in [0, 0.05) is 24.1 Å². The first-order valence-corrected chi connectivity index (χ1v) is 7.10. The third-order valence-corrected chi connectivity index (χ3v) is 3.30. The van der Waals surface area contributed by atoms with E-state index >= 15 is 0 Å². The van der Waals surface area contributed by atoms with Gasteiger partial charge in [0.15, 0.2) is 0 Å². The van der Waals surface area contributed by atoms with Crippen molar-refractivity contribution in [3.63, 3.8) is 0 Å². The van der Waals surface area contributed by atoms with E-state index in [9.17, 15) is 8.78 Å². The number of hydrogen-bond acceptors (Lipinski definition) is 2. The molecule has 2 aromatic rings. The van der Waals surface area contributed by atoms with E-state index in [2.05, 4.69) is 21.5 Å². The first kappa shape index (κ1) is 15.6. The first-order chi connectivity index (χ1) is 10.1. The summed E-state index contributed by atoms with van der Waals surface area (Å²) >= 11 is 5.91. The van der Waals surface area contributed by atoms with Crippen LogP contribution in [0.1, 0.15) is 19.0 Å². The summed E-state index contributed by atoms with van der Waals surface area (Å²) in [5.41, 5.74) is 1.91. The Kier molecular flexibility index (Phi) is 5.44. The quantitative estimate of drug-likeness (QED) is 0.797. The zero-order valence-corrected chi connectivity index (χ0v) is 12.4. The minimum absolute atomic E-state index is 0.0217. The lowest BCUT2D eigenvalue weighted by molar-refractivity contribution is -0.0497. The number of ether oxygens (including phenoxy) is 1. The highest BCUT2D eigenvalue weighted by molar-refractivity contribution is 6.32. The van der Waals surface area contributed by atoms with E-state index in [-0.39, 0.29) is 10.8 Å². The van der Waals surface area contributed by atoms with Gasteiger partial charge < -0.3 is 14.6 Å². The van der Waals surface area contributed by atoms with Gasteiger partial charge in [-0.05, 0) is 36.8 Å². The average Bonchev–Trinajstić information content (AvgIpc) is 2.87. The minimum Gasteiger partial charge on any atom is -0.433 e. The largest absolute Gasteiger partial charge is 0.433 e. The molecule has 0 unspecified atom stereocenters. The molecule has 0 aliphatic rings. The molecule has 0 bridgehead atoms. The molecule has 2 rings (SSSR count). The SMILES string of the molecule is CCCn1cccc1CNc1ccc(OC(F)F)c(Cl)c1. The number of halogens is 3. The van der Waals surface area contributed by atoms with Crippen LogP contribution in [0.3, 0.4) is 0 Å². The van der Waals surface area contributed by atoms with Gasteiger partial charge in [0.2, 0.25) is 0 Å². The zero-order chi connectivity index (χ0) is 15.2. The maximum absolute atomic E-state index is 12.2. The number of benzene rings is 1. The standard InChI is InChI=1S/C15H17ClF2N2O/c1-2-7-20-8-3-4-12(20)10-19-11-5-6-14(13(16)9-11)21-15(17)18/h3-6,8-9,15,19H,2,7,10H2,1H3. The molecule has 114 valence electrons. The van der Waals surface area contributed by atoms with E-state index in [0.717, 1.165) is 24.3 Å². The molecule has 0 spiro atoms. The summed E-state index contributed by atoms with van der Waals surface area (Å²) in [7, 11) is 0. The van der Waals surface area contributed by atoms with E-state index in [1.54, 1.807) is 12.1 Å². The fraction of sp³-hybridized carbons (Fsp3) is 0.333. The second-order valence-corrected chi connectivity index (χ2v) is 4.98. The normalized spacial score (nSPS) is 10.9. The van der Waals surface area contributed by atoms with E-state index in [4.69, 9.17) is 11.6 Å². The third-order valence-electron chi connectivity index (χ3n) is 3.01. The van der Waals surface area contributed by atoms with Crippen molar-refractivity contribution in [1.82, 2.24) is 4.57 Å². The minimum atomic E-state index is -2.88. The van der Waals surface area contributed by atoms with Crippen molar-refractivity contribution in [1.29, 1.82) is 0 Å². The van der Waals surface area contributed by atoms with Crippen molar-refractivity contribution < 1.29 is 13.5 Å². The second-order valence-electron chi connectivity index (χ2n) is 4.57. The van der Waals surface area contributed by atoms with Crippen molar-refractivity contribution >= 4 is 17.3 Å². The molecule has 1 N–H and O–H groups in total. The Morgan fingerprint density at radius 1 is 1.33 bits per heavy atom. The Bertz CT molecular complexity index is 587. The van der Waals surface area contributed by atoms with Crippen LogP contribution in [0.2, 0.25) is 5.02 Å². The number of hydrogen-bond donors (Lipinski definition) is 1. The zero-order valence-electron chi connectivity index (χ0n) is 11.7. The molecule has 0 saturated heterocycles. The van der Waals surface area contributed by atoms with Gasteiger partial charge in [-0.3, -0.25) is 0 Å². The molecule has 0 radical (unpaired) electrons. The molecule has 0 aliphatic carbocycles. The van der Waals surface area contributed by atoms with Crippen molar-refractivity contribution in [2.45, 2.75) is 33.0 Å². The highest BCUT2D eigenvalue weighted by Gasteiger charge is 2.09. The van der Waals surface area contributed by atoms with Gasteiger partial charge in [0.1, 0.15) is 5.75 Å². The van der Waals surface area contributed by atoms with Crippen LogP contribution in [0.5, 0.6) is 5.75 Å². The van der Waals surface area contributed by atoms with Crippen molar-refractivity contribution in [2.24, 2.45) is 0 Å². The molecule has 1 aromatic carbocycles. The fourth-order valence-corrected chi connectivity index (χ4v) is 2.29. The molecule has 6 heteroatoms. The lowest BCUT2D eigenvalue weighted by Gasteiger charge is -2.12. The van der Waals surface area contributed by atoms with Crippen LogP contribution in [0.25, 0.3) is 0 Å². The molecule has 0 atom stereocenters. The van der Waals surface area contributed by atoms with Gasteiger partial charge in [-0.25, -0.2) is 0 Å². The summed E-state index contributed by atoms with van der Waals surface area (Å²) in [6.07, 6.45) is 3.10. The number of anilines is 1. The summed E-state index contributed by atoms with van der Waals surface area (Å²) in [6, 6.07) is 8.71. The lowest BCUT2D eigenvalue weighted by Crippen LogP contribution is -2.07. The molecule has 0 aliphatic heterocycles. The van der Waals surface area contributed by atoms with Crippen molar-refractivity contribution in [2.75, 3.05) is 5.32 Å². The second kappa shape index (κ2) is 7.31. The Morgan fingerprint density at radius 3 is 2.81 bits per heavy atom. The number of nitrogens with one attached hydrogen (secondary N) is 1. The summed E-state index contributed by atoms with van der Waals surface area (Å²) in [4.78, 5) is 0. The Balaban J connectivity index is 2.00. The number of nitrogens with zero attached hydrogens (tertiary/aromatic N) is 1. The number of rotatable bonds is 7. The number of aromatic nitrogens is 1. The van der Waals surface area contributed by atoms with Gasteiger partial charge in [-0.1, -0.05) is 18.5 Å². The van der Waals surface area contributed by atoms with E-state index in [1.165, 1.54) is 6.07 Å². The van der Waals surface area contributed by atoms with E-state index in [1.807, 2.05) is 18.3 Å². The van der Waals surface area contributed by atoms with Crippen molar-refractivity contribution in [3.8, 4) is 5.75 Å².